The number of nitrogens with two attached hydrogens (primary N) is 1. The van der Waals surface area contributed by atoms with Crippen molar-refractivity contribution in [1.82, 2.24) is 0 Å². The van der Waals surface area contributed by atoms with Crippen LogP contribution in [0.15, 0.2) is 12.1 Å². The fraction of sp³-hybridized carbons (Fsp3) is 0.455. The lowest BCUT2D eigenvalue weighted by Gasteiger charge is -2.11. The molecule has 0 radical (unpaired) electrons. The molecule has 0 bridgehead atoms. The molecule has 13 heavy (non-hydrogen) atoms. The van der Waals surface area contributed by atoms with E-state index < -0.39 is 0 Å². The summed E-state index contributed by atoms with van der Waals surface area (Å²) in [5.74, 6) is 0.246. The van der Waals surface area contributed by atoms with Gasteiger partial charge in [0, 0.05) is 11.3 Å². The highest BCUT2D eigenvalue weighted by atomic mass is 19.1. The maximum Gasteiger partial charge on any atom is 0.128 e. The molecule has 0 saturated carbocycles. The van der Waals surface area contributed by atoms with E-state index in [1.165, 1.54) is 6.07 Å². The zero-order valence-corrected chi connectivity index (χ0v) is 8.39. The van der Waals surface area contributed by atoms with Crippen LogP contribution < -0.4 is 5.73 Å². The number of aryl methyl sites for hydroxylation is 1. The highest BCUT2D eigenvalue weighted by molar-refractivity contribution is 5.53. The quantitative estimate of drug-likeness (QED) is 0.697. The van der Waals surface area contributed by atoms with Crippen LogP contribution in [0.3, 0.4) is 0 Å². The van der Waals surface area contributed by atoms with Crippen LogP contribution >= 0.6 is 0 Å². The smallest absolute Gasteiger partial charge is 0.128 e. The van der Waals surface area contributed by atoms with Crippen LogP contribution in [-0.2, 0) is 6.42 Å². The van der Waals surface area contributed by atoms with Gasteiger partial charge >= 0.3 is 0 Å². The van der Waals surface area contributed by atoms with E-state index in [4.69, 9.17) is 5.73 Å². The van der Waals surface area contributed by atoms with E-state index in [1.807, 2.05) is 6.92 Å². The maximum atomic E-state index is 13.3. The van der Waals surface area contributed by atoms with Crippen molar-refractivity contribution in [2.75, 3.05) is 5.73 Å². The summed E-state index contributed by atoms with van der Waals surface area (Å²) >= 11 is 0. The van der Waals surface area contributed by atoms with E-state index in [0.717, 1.165) is 5.56 Å². The normalized spacial score (nSPS) is 10.8. The molecule has 0 amide bonds. The Kier molecular flexibility index (Phi) is 2.91. The van der Waals surface area contributed by atoms with E-state index in [2.05, 4.69) is 13.8 Å². The molecular weight excluding hydrogens is 165 g/mol. The lowest BCUT2D eigenvalue weighted by molar-refractivity contribution is 0.575. The molecular formula is C11H16FN. The molecule has 1 nitrogen and oxygen atoms in total. The van der Waals surface area contributed by atoms with Gasteiger partial charge in [-0.25, -0.2) is 4.39 Å². The lowest BCUT2D eigenvalue weighted by atomic mass is 9.98. The molecule has 0 saturated heterocycles. The lowest BCUT2D eigenvalue weighted by Crippen LogP contribution is -2.04. The Labute approximate surface area is 78.8 Å². The average molecular weight is 181 g/mol. The summed E-state index contributed by atoms with van der Waals surface area (Å²) in [6.45, 7) is 6.01. The molecule has 72 valence electrons. The first kappa shape index (κ1) is 10.0. The predicted octanol–water partition coefficient (Wildman–Crippen LogP) is 2.91. The molecule has 1 aromatic carbocycles. The second-order valence-corrected chi connectivity index (χ2v) is 3.85. The minimum Gasteiger partial charge on any atom is -0.398 e. The monoisotopic (exact) mass is 181 g/mol. The third-order valence-electron chi connectivity index (χ3n) is 2.13. The molecule has 0 fully saturated rings. The van der Waals surface area contributed by atoms with Gasteiger partial charge in [0.1, 0.15) is 5.82 Å². The van der Waals surface area contributed by atoms with Crippen molar-refractivity contribution in [3.05, 3.63) is 29.1 Å². The summed E-state index contributed by atoms with van der Waals surface area (Å²) in [5, 5.41) is 0. The fourth-order valence-electron chi connectivity index (χ4n) is 1.37. The Morgan fingerprint density at radius 1 is 1.38 bits per heavy atom. The summed E-state index contributed by atoms with van der Waals surface area (Å²) in [7, 11) is 0. The van der Waals surface area contributed by atoms with Crippen molar-refractivity contribution in [2.24, 2.45) is 5.92 Å². The fourth-order valence-corrected chi connectivity index (χ4v) is 1.37. The molecule has 0 aliphatic rings. The van der Waals surface area contributed by atoms with Gasteiger partial charge in [-0.15, -0.1) is 0 Å². The molecule has 1 rings (SSSR count). The summed E-state index contributed by atoms with van der Waals surface area (Å²) < 4.78 is 13.3. The zero-order chi connectivity index (χ0) is 10.0. The SMILES string of the molecule is Cc1ccc(F)c(CC(C)C)c1N. The number of rotatable bonds is 2. The first-order chi connectivity index (χ1) is 6.02. The van der Waals surface area contributed by atoms with E-state index in [9.17, 15) is 4.39 Å². The van der Waals surface area contributed by atoms with Gasteiger partial charge in [-0.05, 0) is 30.9 Å². The molecule has 0 aliphatic carbocycles. The Morgan fingerprint density at radius 3 is 2.54 bits per heavy atom. The van der Waals surface area contributed by atoms with Gasteiger partial charge in [-0.1, -0.05) is 19.9 Å². The second-order valence-electron chi connectivity index (χ2n) is 3.85. The molecule has 0 spiro atoms. The van der Waals surface area contributed by atoms with Crippen LogP contribution in [0.5, 0.6) is 0 Å². The van der Waals surface area contributed by atoms with Crippen molar-refractivity contribution in [3.8, 4) is 0 Å². The number of halogens is 1. The van der Waals surface area contributed by atoms with E-state index in [0.29, 0.717) is 23.6 Å². The van der Waals surface area contributed by atoms with Crippen LogP contribution in [0.4, 0.5) is 10.1 Å². The van der Waals surface area contributed by atoms with Crippen LogP contribution in [-0.4, -0.2) is 0 Å². The molecule has 0 heterocycles. The van der Waals surface area contributed by atoms with Gasteiger partial charge < -0.3 is 5.73 Å². The first-order valence-corrected chi connectivity index (χ1v) is 4.55. The van der Waals surface area contributed by atoms with Gasteiger partial charge in [0.15, 0.2) is 0 Å². The van der Waals surface area contributed by atoms with Crippen molar-refractivity contribution in [2.45, 2.75) is 27.2 Å². The molecule has 0 unspecified atom stereocenters. The van der Waals surface area contributed by atoms with E-state index >= 15 is 0 Å². The molecule has 0 aromatic heterocycles. The van der Waals surface area contributed by atoms with Crippen molar-refractivity contribution in [1.29, 1.82) is 0 Å². The number of hydrogen-bond donors (Lipinski definition) is 1. The van der Waals surface area contributed by atoms with Crippen LogP contribution in [0.2, 0.25) is 0 Å². The average Bonchev–Trinajstić information content (AvgIpc) is 2.05. The Morgan fingerprint density at radius 2 is 2.00 bits per heavy atom. The first-order valence-electron chi connectivity index (χ1n) is 4.55. The van der Waals surface area contributed by atoms with Crippen LogP contribution in [0.1, 0.15) is 25.0 Å². The van der Waals surface area contributed by atoms with Crippen molar-refractivity contribution >= 4 is 5.69 Å². The minimum atomic E-state index is -0.184. The Hall–Kier alpha value is -1.05. The van der Waals surface area contributed by atoms with E-state index in [1.54, 1.807) is 6.07 Å². The number of benzene rings is 1. The predicted molar refractivity (Wildman–Crippen MR) is 54.1 cm³/mol. The van der Waals surface area contributed by atoms with Crippen molar-refractivity contribution in [3.63, 3.8) is 0 Å². The Balaban J connectivity index is 3.10. The molecule has 2 N–H and O–H groups in total. The third kappa shape index (κ3) is 2.20. The van der Waals surface area contributed by atoms with Gasteiger partial charge in [-0.2, -0.15) is 0 Å². The summed E-state index contributed by atoms with van der Waals surface area (Å²) in [5.41, 5.74) is 8.01. The van der Waals surface area contributed by atoms with Crippen LogP contribution in [0.25, 0.3) is 0 Å². The van der Waals surface area contributed by atoms with E-state index in [-0.39, 0.29) is 5.82 Å². The van der Waals surface area contributed by atoms with Crippen LogP contribution in [0, 0.1) is 18.7 Å². The summed E-state index contributed by atoms with van der Waals surface area (Å²) in [6, 6.07) is 3.21. The Bertz CT molecular complexity index is 305. The standard InChI is InChI=1S/C11H16FN/c1-7(2)6-9-10(12)5-4-8(3)11(9)13/h4-5,7H,6,13H2,1-3H3. The largest absolute Gasteiger partial charge is 0.398 e. The highest BCUT2D eigenvalue weighted by Crippen LogP contribution is 2.22. The number of hydrogen-bond acceptors (Lipinski definition) is 1. The third-order valence-corrected chi connectivity index (χ3v) is 2.13. The van der Waals surface area contributed by atoms with Gasteiger partial charge in [0.25, 0.3) is 0 Å². The summed E-state index contributed by atoms with van der Waals surface area (Å²) in [4.78, 5) is 0. The number of nitrogen functional groups attached to an aromatic ring is 1. The molecule has 2 heteroatoms. The maximum absolute atomic E-state index is 13.3. The zero-order valence-electron chi connectivity index (χ0n) is 8.39. The molecule has 0 atom stereocenters. The highest BCUT2D eigenvalue weighted by Gasteiger charge is 2.09. The topological polar surface area (TPSA) is 26.0 Å². The summed E-state index contributed by atoms with van der Waals surface area (Å²) in [6.07, 6.45) is 0.708. The molecule has 0 aliphatic heterocycles. The van der Waals surface area contributed by atoms with Gasteiger partial charge in [-0.3, -0.25) is 0 Å². The second kappa shape index (κ2) is 3.77. The van der Waals surface area contributed by atoms with Gasteiger partial charge in [0.05, 0.1) is 0 Å². The van der Waals surface area contributed by atoms with Crippen molar-refractivity contribution < 1.29 is 4.39 Å². The minimum absolute atomic E-state index is 0.184. The molecule has 1 aromatic rings. The van der Waals surface area contributed by atoms with Gasteiger partial charge in [0.2, 0.25) is 0 Å². The number of anilines is 1.